The molecule has 0 atom stereocenters. The largest absolute Gasteiger partial charge is 0.290 e. The molecular formula is C6H4F2NO. The van der Waals surface area contributed by atoms with E-state index < -0.39 is 17.9 Å². The van der Waals surface area contributed by atoms with Gasteiger partial charge in [-0.1, -0.05) is 0 Å². The van der Waals surface area contributed by atoms with Crippen LogP contribution in [0, 0.1) is 0 Å². The molecule has 10 heavy (non-hydrogen) atoms. The van der Waals surface area contributed by atoms with Crippen molar-refractivity contribution in [2.75, 3.05) is 0 Å². The molecule has 0 aliphatic carbocycles. The molecule has 0 saturated carbocycles. The summed E-state index contributed by atoms with van der Waals surface area (Å²) in [5, 5.41) is 10.4. The number of aromatic nitrogens is 1. The van der Waals surface area contributed by atoms with E-state index in [0.717, 1.165) is 18.3 Å². The minimum Gasteiger partial charge on any atom is -0.290 e. The lowest BCUT2D eigenvalue weighted by molar-refractivity contribution is 0.145. The topological polar surface area (TPSA) is 32.8 Å². The standard InChI is InChI=1S/C6H4F2NO/c7-6(8)5-3-4(10)1-2-9-5/h1-3,6H. The summed E-state index contributed by atoms with van der Waals surface area (Å²) in [6.45, 7) is 0. The summed E-state index contributed by atoms with van der Waals surface area (Å²) < 4.78 is 23.5. The second kappa shape index (κ2) is 2.60. The number of pyridine rings is 1. The van der Waals surface area contributed by atoms with E-state index in [-0.39, 0.29) is 0 Å². The summed E-state index contributed by atoms with van der Waals surface area (Å²) in [4.78, 5) is 3.29. The summed E-state index contributed by atoms with van der Waals surface area (Å²) in [5.74, 6) is -0.440. The van der Waals surface area contributed by atoms with Crippen LogP contribution in [0.5, 0.6) is 5.75 Å². The molecule has 0 bridgehead atoms. The molecule has 0 spiro atoms. The van der Waals surface area contributed by atoms with E-state index in [1.165, 1.54) is 0 Å². The van der Waals surface area contributed by atoms with Crippen molar-refractivity contribution in [1.29, 1.82) is 0 Å². The van der Waals surface area contributed by atoms with E-state index in [1.807, 2.05) is 0 Å². The Morgan fingerprint density at radius 3 is 2.60 bits per heavy atom. The van der Waals surface area contributed by atoms with Crippen LogP contribution < -0.4 is 0 Å². The van der Waals surface area contributed by atoms with Crippen LogP contribution in [0.4, 0.5) is 8.78 Å². The zero-order valence-corrected chi connectivity index (χ0v) is 4.92. The summed E-state index contributed by atoms with van der Waals surface area (Å²) in [7, 11) is 0. The monoisotopic (exact) mass is 144 g/mol. The number of hydrogen-bond donors (Lipinski definition) is 0. The molecular weight excluding hydrogens is 140 g/mol. The molecule has 1 heterocycles. The Morgan fingerprint density at radius 1 is 1.50 bits per heavy atom. The van der Waals surface area contributed by atoms with Crippen molar-refractivity contribution in [2.24, 2.45) is 0 Å². The van der Waals surface area contributed by atoms with Gasteiger partial charge in [0, 0.05) is 18.3 Å². The molecule has 0 fully saturated rings. The maximum absolute atomic E-state index is 11.7. The zero-order valence-electron chi connectivity index (χ0n) is 4.92. The molecule has 1 radical (unpaired) electrons. The van der Waals surface area contributed by atoms with Gasteiger partial charge in [0.25, 0.3) is 6.43 Å². The molecule has 0 amide bonds. The molecule has 0 aliphatic heterocycles. The first-order chi connectivity index (χ1) is 4.70. The van der Waals surface area contributed by atoms with E-state index in [2.05, 4.69) is 4.98 Å². The normalized spacial score (nSPS) is 10.3. The predicted molar refractivity (Wildman–Crippen MR) is 29.3 cm³/mol. The second-order valence-corrected chi connectivity index (χ2v) is 1.72. The molecule has 0 unspecified atom stereocenters. The molecule has 0 aliphatic rings. The first kappa shape index (κ1) is 6.92. The average Bonchev–Trinajstić information content (AvgIpc) is 1.88. The van der Waals surface area contributed by atoms with Gasteiger partial charge in [0.05, 0.1) is 0 Å². The van der Waals surface area contributed by atoms with E-state index in [4.69, 9.17) is 0 Å². The van der Waals surface area contributed by atoms with E-state index in [1.54, 1.807) is 0 Å². The quantitative estimate of drug-likeness (QED) is 0.594. The summed E-state index contributed by atoms with van der Waals surface area (Å²) in [6, 6.07) is 1.95. The SMILES string of the molecule is [O]c1ccnc(C(F)F)c1. The van der Waals surface area contributed by atoms with Crippen molar-refractivity contribution >= 4 is 0 Å². The van der Waals surface area contributed by atoms with Gasteiger partial charge in [-0.2, -0.15) is 0 Å². The zero-order chi connectivity index (χ0) is 7.56. The minimum absolute atomic E-state index is 0.440. The smallest absolute Gasteiger partial charge is 0.280 e. The third-order valence-corrected chi connectivity index (χ3v) is 0.976. The fourth-order valence-corrected chi connectivity index (χ4v) is 0.547. The molecule has 2 nitrogen and oxygen atoms in total. The van der Waals surface area contributed by atoms with Gasteiger partial charge in [0.1, 0.15) is 5.69 Å². The van der Waals surface area contributed by atoms with Gasteiger partial charge in [0.15, 0.2) is 5.75 Å². The highest BCUT2D eigenvalue weighted by molar-refractivity contribution is 5.20. The van der Waals surface area contributed by atoms with Gasteiger partial charge in [0.2, 0.25) is 0 Å². The average molecular weight is 144 g/mol. The number of alkyl halides is 2. The minimum atomic E-state index is -2.66. The molecule has 1 rings (SSSR count). The Kier molecular flexibility index (Phi) is 1.80. The van der Waals surface area contributed by atoms with Crippen molar-refractivity contribution < 1.29 is 13.9 Å². The fourth-order valence-electron chi connectivity index (χ4n) is 0.547. The van der Waals surface area contributed by atoms with Gasteiger partial charge in [-0.3, -0.25) is 10.1 Å². The lowest BCUT2D eigenvalue weighted by Crippen LogP contribution is -1.86. The van der Waals surface area contributed by atoms with E-state index in [9.17, 15) is 13.9 Å². The molecule has 1 aromatic heterocycles. The maximum atomic E-state index is 11.7. The fraction of sp³-hybridized carbons (Fsp3) is 0.167. The van der Waals surface area contributed by atoms with Gasteiger partial charge >= 0.3 is 0 Å². The summed E-state index contributed by atoms with van der Waals surface area (Å²) in [6.07, 6.45) is -1.59. The first-order valence-corrected chi connectivity index (χ1v) is 2.61. The van der Waals surface area contributed by atoms with Crippen molar-refractivity contribution in [3.05, 3.63) is 24.0 Å². The van der Waals surface area contributed by atoms with Crippen LogP contribution in [0.1, 0.15) is 12.1 Å². The van der Waals surface area contributed by atoms with E-state index >= 15 is 0 Å². The van der Waals surface area contributed by atoms with Crippen molar-refractivity contribution in [3.8, 4) is 5.75 Å². The van der Waals surface area contributed by atoms with Gasteiger partial charge < -0.3 is 0 Å². The van der Waals surface area contributed by atoms with Crippen LogP contribution in [0.2, 0.25) is 0 Å². The maximum Gasteiger partial charge on any atom is 0.280 e. The van der Waals surface area contributed by atoms with E-state index in [0.29, 0.717) is 0 Å². The van der Waals surface area contributed by atoms with Crippen molar-refractivity contribution in [3.63, 3.8) is 0 Å². The highest BCUT2D eigenvalue weighted by Gasteiger charge is 2.08. The number of hydrogen-bond acceptors (Lipinski definition) is 1. The molecule has 4 heteroatoms. The van der Waals surface area contributed by atoms with Gasteiger partial charge in [-0.25, -0.2) is 8.78 Å². The van der Waals surface area contributed by atoms with Crippen LogP contribution in [-0.4, -0.2) is 4.98 Å². The van der Waals surface area contributed by atoms with Crippen LogP contribution in [0.25, 0.3) is 0 Å². The molecule has 0 saturated heterocycles. The second-order valence-electron chi connectivity index (χ2n) is 1.72. The van der Waals surface area contributed by atoms with Crippen molar-refractivity contribution in [1.82, 2.24) is 4.98 Å². The molecule has 53 valence electrons. The lowest BCUT2D eigenvalue weighted by Gasteiger charge is -1.94. The highest BCUT2D eigenvalue weighted by Crippen LogP contribution is 2.19. The third-order valence-electron chi connectivity index (χ3n) is 0.976. The molecule has 1 aromatic rings. The van der Waals surface area contributed by atoms with Crippen molar-refractivity contribution in [2.45, 2.75) is 6.43 Å². The molecule has 0 N–H and O–H groups in total. The summed E-state index contributed by atoms with van der Waals surface area (Å²) in [5.41, 5.74) is -0.465. The summed E-state index contributed by atoms with van der Waals surface area (Å²) >= 11 is 0. The van der Waals surface area contributed by atoms with Crippen LogP contribution in [0.15, 0.2) is 18.3 Å². The number of nitrogens with zero attached hydrogens (tertiary/aromatic N) is 1. The number of rotatable bonds is 1. The number of halogens is 2. The molecule has 0 aromatic carbocycles. The van der Waals surface area contributed by atoms with Crippen LogP contribution in [0.3, 0.4) is 0 Å². The lowest BCUT2D eigenvalue weighted by atomic mass is 10.3. The van der Waals surface area contributed by atoms with Crippen LogP contribution in [-0.2, 0) is 5.11 Å². The van der Waals surface area contributed by atoms with Gasteiger partial charge in [-0.15, -0.1) is 0 Å². The Balaban J connectivity index is 2.96. The Morgan fingerprint density at radius 2 is 2.20 bits per heavy atom. The van der Waals surface area contributed by atoms with Crippen LogP contribution >= 0.6 is 0 Å². The van der Waals surface area contributed by atoms with Gasteiger partial charge in [-0.05, 0) is 0 Å². The first-order valence-electron chi connectivity index (χ1n) is 2.61. The Labute approximate surface area is 56.1 Å². The third kappa shape index (κ3) is 1.40. The Bertz CT molecular complexity index is 227. The Hall–Kier alpha value is -1.19. The predicted octanol–water partition coefficient (Wildman–Crippen LogP) is 2.16. The highest BCUT2D eigenvalue weighted by atomic mass is 19.3.